The summed E-state index contributed by atoms with van der Waals surface area (Å²) in [6.45, 7) is 7.42. The second-order valence-electron chi connectivity index (χ2n) is 6.44. The summed E-state index contributed by atoms with van der Waals surface area (Å²) < 4.78 is 0. The number of likely N-dealkylation sites (N-methyl/N-ethyl adjacent to an activating group) is 1. The van der Waals surface area contributed by atoms with E-state index < -0.39 is 0 Å². The van der Waals surface area contributed by atoms with Crippen molar-refractivity contribution in [2.75, 3.05) is 33.2 Å². The summed E-state index contributed by atoms with van der Waals surface area (Å²) in [7, 11) is 1.84. The first kappa shape index (κ1) is 18.5. The van der Waals surface area contributed by atoms with Gasteiger partial charge in [-0.05, 0) is 44.0 Å². The molecule has 2 rings (SSSR count). The summed E-state index contributed by atoms with van der Waals surface area (Å²) in [6, 6.07) is 7.36. The second kappa shape index (κ2) is 8.83. The molecule has 1 fully saturated rings. The minimum Gasteiger partial charge on any atom is -0.339 e. The zero-order chi connectivity index (χ0) is 17.5. The summed E-state index contributed by atoms with van der Waals surface area (Å²) >= 11 is 0. The highest BCUT2D eigenvalue weighted by Crippen LogP contribution is 2.14. The van der Waals surface area contributed by atoms with Gasteiger partial charge in [-0.2, -0.15) is 0 Å². The molecule has 1 atom stereocenters. The maximum Gasteiger partial charge on any atom is 0.253 e. The average Bonchev–Trinajstić information content (AvgIpc) is 3.14. The lowest BCUT2D eigenvalue weighted by molar-refractivity contribution is 0.0743. The largest absolute Gasteiger partial charge is 0.339 e. The zero-order valence-electron chi connectivity index (χ0n) is 15.0. The number of benzene rings is 1. The third-order valence-electron chi connectivity index (χ3n) is 4.53. The minimum absolute atomic E-state index is 0.0125. The molecule has 1 heterocycles. The Morgan fingerprint density at radius 3 is 2.29 bits per heavy atom. The van der Waals surface area contributed by atoms with Crippen LogP contribution in [0.3, 0.4) is 0 Å². The van der Waals surface area contributed by atoms with E-state index >= 15 is 0 Å². The van der Waals surface area contributed by atoms with Crippen LogP contribution in [-0.2, 0) is 0 Å². The molecule has 0 saturated carbocycles. The highest BCUT2D eigenvalue weighted by Gasteiger charge is 2.24. The molecule has 0 radical (unpaired) electrons. The Kier molecular flexibility index (Phi) is 6.79. The molecule has 2 amide bonds. The van der Waals surface area contributed by atoms with Crippen molar-refractivity contribution in [2.45, 2.75) is 39.2 Å². The van der Waals surface area contributed by atoms with Crippen molar-refractivity contribution in [3.8, 4) is 0 Å². The van der Waals surface area contributed by atoms with Gasteiger partial charge in [0.25, 0.3) is 11.8 Å². The topological polar surface area (TPSA) is 52.7 Å². The number of nitrogens with zero attached hydrogens (tertiary/aromatic N) is 2. The molecule has 1 aliphatic rings. The maximum absolute atomic E-state index is 12.7. The number of rotatable bonds is 7. The first-order chi connectivity index (χ1) is 11.6. The lowest BCUT2D eigenvalue weighted by atomic mass is 10.1. The van der Waals surface area contributed by atoms with Crippen LogP contribution in [0.15, 0.2) is 24.3 Å². The van der Waals surface area contributed by atoms with Crippen LogP contribution in [0.5, 0.6) is 0 Å². The minimum atomic E-state index is -0.0177. The third kappa shape index (κ3) is 4.35. The molecule has 1 aromatic carbocycles. The van der Waals surface area contributed by atoms with Gasteiger partial charge in [-0.25, -0.2) is 0 Å². The van der Waals surface area contributed by atoms with Gasteiger partial charge in [0.1, 0.15) is 0 Å². The fourth-order valence-corrected chi connectivity index (χ4v) is 3.16. The van der Waals surface area contributed by atoms with Gasteiger partial charge in [0.05, 0.1) is 0 Å². The second-order valence-corrected chi connectivity index (χ2v) is 6.44. The summed E-state index contributed by atoms with van der Waals surface area (Å²) in [6.07, 6.45) is 2.84. The quantitative estimate of drug-likeness (QED) is 0.835. The number of amides is 2. The molecular formula is C19H29N3O2. The van der Waals surface area contributed by atoms with Crippen molar-refractivity contribution in [3.63, 3.8) is 0 Å². The van der Waals surface area contributed by atoms with Crippen LogP contribution >= 0.6 is 0 Å². The highest BCUT2D eigenvalue weighted by molar-refractivity contribution is 5.99. The van der Waals surface area contributed by atoms with Crippen LogP contribution in [-0.4, -0.2) is 60.9 Å². The Labute approximate surface area is 145 Å². The molecule has 5 nitrogen and oxygen atoms in total. The standard InChI is InChI=1S/C19H29N3O2/c1-4-11-22(12-5-2)19(24)16-8-6-7-15(13-16)18(23)21(3)17-9-10-20-14-17/h6-8,13,17,20H,4-5,9-12,14H2,1-3H3. The smallest absolute Gasteiger partial charge is 0.253 e. The molecule has 24 heavy (non-hydrogen) atoms. The Morgan fingerprint density at radius 2 is 1.75 bits per heavy atom. The summed E-state index contributed by atoms with van der Waals surface area (Å²) in [4.78, 5) is 29.1. The van der Waals surface area contributed by atoms with E-state index in [0.717, 1.165) is 45.4 Å². The number of hydrogen-bond donors (Lipinski definition) is 1. The molecule has 0 spiro atoms. The highest BCUT2D eigenvalue weighted by atomic mass is 16.2. The van der Waals surface area contributed by atoms with E-state index in [4.69, 9.17) is 0 Å². The van der Waals surface area contributed by atoms with E-state index in [1.54, 1.807) is 29.2 Å². The van der Waals surface area contributed by atoms with Crippen molar-refractivity contribution < 1.29 is 9.59 Å². The van der Waals surface area contributed by atoms with E-state index in [0.29, 0.717) is 11.1 Å². The van der Waals surface area contributed by atoms with Crippen molar-refractivity contribution in [1.82, 2.24) is 15.1 Å². The predicted octanol–water partition coefficient (Wildman–Crippen LogP) is 2.38. The van der Waals surface area contributed by atoms with Crippen molar-refractivity contribution in [3.05, 3.63) is 35.4 Å². The van der Waals surface area contributed by atoms with Crippen LogP contribution in [0.4, 0.5) is 0 Å². The van der Waals surface area contributed by atoms with Gasteiger partial charge >= 0.3 is 0 Å². The fourth-order valence-electron chi connectivity index (χ4n) is 3.16. The Hall–Kier alpha value is -1.88. The van der Waals surface area contributed by atoms with Crippen molar-refractivity contribution in [1.29, 1.82) is 0 Å². The molecule has 1 aromatic rings. The summed E-state index contributed by atoms with van der Waals surface area (Å²) in [5, 5.41) is 3.28. The molecule has 1 saturated heterocycles. The lowest BCUT2D eigenvalue weighted by Crippen LogP contribution is -2.38. The Morgan fingerprint density at radius 1 is 1.12 bits per heavy atom. The first-order valence-corrected chi connectivity index (χ1v) is 8.95. The van der Waals surface area contributed by atoms with E-state index in [1.165, 1.54) is 0 Å². The van der Waals surface area contributed by atoms with Crippen molar-refractivity contribution in [2.24, 2.45) is 0 Å². The van der Waals surface area contributed by atoms with Gasteiger partial charge in [0.15, 0.2) is 0 Å². The lowest BCUT2D eigenvalue weighted by Gasteiger charge is -2.24. The van der Waals surface area contributed by atoms with E-state index in [2.05, 4.69) is 19.2 Å². The number of carbonyl (C=O) groups is 2. The fraction of sp³-hybridized carbons (Fsp3) is 0.579. The van der Waals surface area contributed by atoms with Crippen molar-refractivity contribution >= 4 is 11.8 Å². The van der Waals surface area contributed by atoms with Gasteiger partial charge in [-0.3, -0.25) is 9.59 Å². The number of hydrogen-bond acceptors (Lipinski definition) is 3. The van der Waals surface area contributed by atoms with Gasteiger partial charge in [0.2, 0.25) is 0 Å². The normalized spacial score (nSPS) is 16.9. The Bertz CT molecular complexity index is 532. The summed E-state index contributed by atoms with van der Waals surface area (Å²) in [5.41, 5.74) is 1.18. The number of nitrogens with one attached hydrogen (secondary N) is 1. The van der Waals surface area contributed by atoms with E-state index in [-0.39, 0.29) is 17.9 Å². The Balaban J connectivity index is 2.15. The molecule has 132 valence electrons. The molecular weight excluding hydrogens is 302 g/mol. The van der Waals surface area contributed by atoms with Gasteiger partial charge in [-0.15, -0.1) is 0 Å². The molecule has 0 aliphatic carbocycles. The average molecular weight is 331 g/mol. The van der Waals surface area contributed by atoms with Gasteiger partial charge < -0.3 is 15.1 Å². The number of carbonyl (C=O) groups excluding carboxylic acids is 2. The van der Waals surface area contributed by atoms with Crippen LogP contribution < -0.4 is 5.32 Å². The molecule has 5 heteroatoms. The van der Waals surface area contributed by atoms with Crippen LogP contribution in [0.25, 0.3) is 0 Å². The van der Waals surface area contributed by atoms with Gasteiger partial charge in [-0.1, -0.05) is 19.9 Å². The predicted molar refractivity (Wildman–Crippen MR) is 96.3 cm³/mol. The molecule has 0 aromatic heterocycles. The van der Waals surface area contributed by atoms with Gasteiger partial charge in [0, 0.05) is 43.9 Å². The van der Waals surface area contributed by atoms with Crippen LogP contribution in [0.1, 0.15) is 53.8 Å². The van der Waals surface area contributed by atoms with Crippen LogP contribution in [0, 0.1) is 0 Å². The monoisotopic (exact) mass is 331 g/mol. The molecule has 1 aliphatic heterocycles. The summed E-state index contributed by atoms with van der Waals surface area (Å²) in [5.74, 6) is -0.00517. The third-order valence-corrected chi connectivity index (χ3v) is 4.53. The molecule has 0 bridgehead atoms. The molecule has 1 unspecified atom stereocenters. The maximum atomic E-state index is 12.7. The van der Waals surface area contributed by atoms with E-state index in [1.807, 2.05) is 11.9 Å². The SMILES string of the molecule is CCCN(CCC)C(=O)c1cccc(C(=O)N(C)C2CCNC2)c1. The molecule has 1 N–H and O–H groups in total. The van der Waals surface area contributed by atoms with Crippen LogP contribution in [0.2, 0.25) is 0 Å². The van der Waals surface area contributed by atoms with E-state index in [9.17, 15) is 9.59 Å². The first-order valence-electron chi connectivity index (χ1n) is 8.95. The zero-order valence-corrected chi connectivity index (χ0v) is 15.0.